The quantitative estimate of drug-likeness (QED) is 0.374. The van der Waals surface area contributed by atoms with Crippen LogP contribution in [0.25, 0.3) is 11.8 Å². The number of hydrogen-bond donors (Lipinski definition) is 1. The number of amides is 1. The van der Waals surface area contributed by atoms with E-state index >= 15 is 0 Å². The molecule has 0 spiro atoms. The van der Waals surface area contributed by atoms with Gasteiger partial charge in [-0.1, -0.05) is 50.6 Å². The summed E-state index contributed by atoms with van der Waals surface area (Å²) >= 11 is 5.97. The average Bonchev–Trinajstić information content (AvgIpc) is 2.98. The first-order valence-electron chi connectivity index (χ1n) is 10.1. The fourth-order valence-corrected chi connectivity index (χ4v) is 3.70. The Hall–Kier alpha value is -3.29. The fraction of sp³-hybridized carbons (Fsp3) is 0.231. The maximum Gasteiger partial charge on any atom is 0.266 e. The number of anilines is 1. The van der Waals surface area contributed by atoms with Gasteiger partial charge in [0.15, 0.2) is 0 Å². The van der Waals surface area contributed by atoms with Crippen LogP contribution in [0.15, 0.2) is 60.2 Å². The highest BCUT2D eigenvalue weighted by Crippen LogP contribution is 2.27. The summed E-state index contributed by atoms with van der Waals surface area (Å²) in [5.74, 6) is -0.468. The summed E-state index contributed by atoms with van der Waals surface area (Å²) in [7, 11) is 0. The maximum absolute atomic E-state index is 12.6. The molecular formula is C26H26ClN3O. The summed E-state index contributed by atoms with van der Waals surface area (Å²) in [6.07, 6.45) is 1.63. The van der Waals surface area contributed by atoms with Crippen molar-refractivity contribution in [1.82, 2.24) is 4.57 Å². The predicted octanol–water partition coefficient (Wildman–Crippen LogP) is 6.59. The number of hydrogen-bond acceptors (Lipinski definition) is 2. The first-order valence-corrected chi connectivity index (χ1v) is 10.5. The topological polar surface area (TPSA) is 57.8 Å². The normalized spacial score (nSPS) is 11.8. The minimum absolute atomic E-state index is 0.0308. The van der Waals surface area contributed by atoms with Crippen LogP contribution in [-0.2, 0) is 10.2 Å². The summed E-state index contributed by atoms with van der Waals surface area (Å²) in [5.41, 5.74) is 5.80. The lowest BCUT2D eigenvalue weighted by atomic mass is 9.87. The number of benzene rings is 2. The predicted molar refractivity (Wildman–Crippen MR) is 128 cm³/mol. The number of aryl methyl sites for hydroxylation is 1. The Balaban J connectivity index is 1.92. The Labute approximate surface area is 188 Å². The van der Waals surface area contributed by atoms with Gasteiger partial charge in [0.1, 0.15) is 11.6 Å². The Morgan fingerprint density at radius 3 is 2.35 bits per heavy atom. The Morgan fingerprint density at radius 1 is 1.10 bits per heavy atom. The van der Waals surface area contributed by atoms with Crippen LogP contribution >= 0.6 is 11.6 Å². The Bertz CT molecular complexity index is 1190. The Kier molecular flexibility index (Phi) is 6.38. The second-order valence-electron chi connectivity index (χ2n) is 8.59. The van der Waals surface area contributed by atoms with Crippen molar-refractivity contribution in [2.75, 3.05) is 5.32 Å². The lowest BCUT2D eigenvalue weighted by Gasteiger charge is -2.20. The van der Waals surface area contributed by atoms with Crippen LogP contribution in [0.4, 0.5) is 5.69 Å². The molecule has 0 atom stereocenters. The van der Waals surface area contributed by atoms with E-state index in [-0.39, 0.29) is 11.0 Å². The number of rotatable bonds is 4. The van der Waals surface area contributed by atoms with Gasteiger partial charge in [-0.2, -0.15) is 5.26 Å². The largest absolute Gasteiger partial charge is 0.321 e. The van der Waals surface area contributed by atoms with Gasteiger partial charge in [-0.25, -0.2) is 0 Å². The molecule has 0 aliphatic rings. The molecule has 1 N–H and O–H groups in total. The van der Waals surface area contributed by atoms with Crippen molar-refractivity contribution in [1.29, 1.82) is 5.26 Å². The monoisotopic (exact) mass is 431 g/mol. The van der Waals surface area contributed by atoms with E-state index in [0.29, 0.717) is 10.7 Å². The van der Waals surface area contributed by atoms with Crippen LogP contribution in [0.2, 0.25) is 5.02 Å². The minimum atomic E-state index is -0.468. The van der Waals surface area contributed by atoms with E-state index in [1.807, 2.05) is 26.0 Å². The highest BCUT2D eigenvalue weighted by Gasteiger charge is 2.16. The molecule has 2 aromatic carbocycles. The van der Waals surface area contributed by atoms with Crippen LogP contribution in [0.1, 0.15) is 43.3 Å². The molecule has 3 rings (SSSR count). The van der Waals surface area contributed by atoms with Gasteiger partial charge in [0.2, 0.25) is 0 Å². The number of aromatic nitrogens is 1. The second-order valence-corrected chi connectivity index (χ2v) is 9.03. The van der Waals surface area contributed by atoms with E-state index < -0.39 is 5.91 Å². The van der Waals surface area contributed by atoms with Crippen molar-refractivity contribution in [3.63, 3.8) is 0 Å². The summed E-state index contributed by atoms with van der Waals surface area (Å²) < 4.78 is 2.13. The molecule has 0 radical (unpaired) electrons. The van der Waals surface area contributed by atoms with E-state index in [2.05, 4.69) is 54.9 Å². The molecule has 0 aliphatic heterocycles. The summed E-state index contributed by atoms with van der Waals surface area (Å²) in [4.78, 5) is 12.6. The molecule has 0 saturated heterocycles. The van der Waals surface area contributed by atoms with E-state index in [4.69, 9.17) is 11.6 Å². The molecule has 0 unspecified atom stereocenters. The average molecular weight is 432 g/mol. The number of carbonyl (C=O) groups is 1. The third-order valence-corrected chi connectivity index (χ3v) is 5.44. The van der Waals surface area contributed by atoms with Gasteiger partial charge in [-0.3, -0.25) is 4.79 Å². The van der Waals surface area contributed by atoms with Crippen molar-refractivity contribution >= 4 is 29.3 Å². The molecule has 1 amide bonds. The molecule has 4 nitrogen and oxygen atoms in total. The Morgan fingerprint density at radius 2 is 1.77 bits per heavy atom. The first-order chi connectivity index (χ1) is 14.6. The molecule has 158 valence electrons. The molecule has 0 saturated carbocycles. The number of halogens is 1. The molecule has 1 heterocycles. The SMILES string of the molecule is Cc1cc(/C=C(/C#N)C(=O)Nc2cccc(Cl)c2)c(C)n1-c1ccc(C(C)(C)C)cc1. The molecule has 3 aromatic rings. The summed E-state index contributed by atoms with van der Waals surface area (Å²) in [6.45, 7) is 10.6. The van der Waals surface area contributed by atoms with E-state index in [1.54, 1.807) is 30.3 Å². The standard InChI is InChI=1S/C26H26ClN3O/c1-17-13-19(14-20(16-28)25(31)29-23-8-6-7-22(27)15-23)18(2)30(17)24-11-9-21(10-12-24)26(3,4)5/h6-15H,1-5H3,(H,29,31)/b20-14-. The van der Waals surface area contributed by atoms with Crippen molar-refractivity contribution in [2.24, 2.45) is 0 Å². The van der Waals surface area contributed by atoms with E-state index in [9.17, 15) is 10.1 Å². The lowest BCUT2D eigenvalue weighted by Crippen LogP contribution is -2.13. The van der Waals surface area contributed by atoms with Crippen LogP contribution < -0.4 is 5.32 Å². The van der Waals surface area contributed by atoms with Gasteiger partial charge in [-0.05, 0) is 72.9 Å². The van der Waals surface area contributed by atoms with Gasteiger partial charge in [-0.15, -0.1) is 0 Å². The number of nitrogens with one attached hydrogen (secondary N) is 1. The molecule has 5 heteroatoms. The molecule has 0 bridgehead atoms. The van der Waals surface area contributed by atoms with Crippen molar-refractivity contribution in [3.05, 3.63) is 87.7 Å². The van der Waals surface area contributed by atoms with Gasteiger partial charge in [0.05, 0.1) is 0 Å². The number of nitrogens with zero attached hydrogens (tertiary/aromatic N) is 2. The molecular weight excluding hydrogens is 406 g/mol. The van der Waals surface area contributed by atoms with Crippen LogP contribution in [-0.4, -0.2) is 10.5 Å². The summed E-state index contributed by atoms with van der Waals surface area (Å²) in [5, 5.41) is 12.8. The van der Waals surface area contributed by atoms with Crippen molar-refractivity contribution in [3.8, 4) is 11.8 Å². The number of carbonyl (C=O) groups excluding carboxylic acids is 1. The van der Waals surface area contributed by atoms with Gasteiger partial charge in [0.25, 0.3) is 5.91 Å². The van der Waals surface area contributed by atoms with Gasteiger partial charge < -0.3 is 9.88 Å². The van der Waals surface area contributed by atoms with Gasteiger partial charge >= 0.3 is 0 Å². The second kappa shape index (κ2) is 8.83. The zero-order valence-corrected chi connectivity index (χ0v) is 19.2. The van der Waals surface area contributed by atoms with Gasteiger partial charge in [0, 0.05) is 27.8 Å². The van der Waals surface area contributed by atoms with Crippen LogP contribution in [0, 0.1) is 25.2 Å². The van der Waals surface area contributed by atoms with E-state index in [0.717, 1.165) is 22.6 Å². The third-order valence-electron chi connectivity index (χ3n) is 5.21. The highest BCUT2D eigenvalue weighted by atomic mass is 35.5. The highest BCUT2D eigenvalue weighted by molar-refractivity contribution is 6.31. The molecule has 31 heavy (non-hydrogen) atoms. The summed E-state index contributed by atoms with van der Waals surface area (Å²) in [6, 6.07) is 19.3. The first kappa shape index (κ1) is 22.4. The zero-order valence-electron chi connectivity index (χ0n) is 18.5. The molecule has 1 aromatic heterocycles. The minimum Gasteiger partial charge on any atom is -0.321 e. The number of nitriles is 1. The fourth-order valence-electron chi connectivity index (χ4n) is 3.51. The molecule has 0 aliphatic carbocycles. The smallest absolute Gasteiger partial charge is 0.266 e. The lowest BCUT2D eigenvalue weighted by molar-refractivity contribution is -0.112. The molecule has 0 fully saturated rings. The van der Waals surface area contributed by atoms with Crippen LogP contribution in [0.3, 0.4) is 0 Å². The zero-order chi connectivity index (χ0) is 22.8. The van der Waals surface area contributed by atoms with E-state index in [1.165, 1.54) is 5.56 Å². The van der Waals surface area contributed by atoms with Crippen molar-refractivity contribution in [2.45, 2.75) is 40.0 Å². The maximum atomic E-state index is 12.6. The third kappa shape index (κ3) is 5.07. The van der Waals surface area contributed by atoms with Crippen molar-refractivity contribution < 1.29 is 4.79 Å². The van der Waals surface area contributed by atoms with Crippen LogP contribution in [0.5, 0.6) is 0 Å².